The first-order chi connectivity index (χ1) is 18.0. The largest absolute Gasteiger partial charge is 0.444 e. The van der Waals surface area contributed by atoms with Crippen molar-refractivity contribution < 1.29 is 14.3 Å². The van der Waals surface area contributed by atoms with Crippen LogP contribution in [-0.2, 0) is 11.3 Å². The Labute approximate surface area is 224 Å². The van der Waals surface area contributed by atoms with Crippen molar-refractivity contribution in [1.29, 1.82) is 0 Å². The number of aromatic nitrogens is 4. The third-order valence-corrected chi connectivity index (χ3v) is 6.05. The lowest BCUT2D eigenvalue weighted by molar-refractivity contribution is 0.0635. The van der Waals surface area contributed by atoms with Crippen LogP contribution in [0.2, 0.25) is 5.02 Å². The van der Waals surface area contributed by atoms with Gasteiger partial charge in [-0.1, -0.05) is 23.7 Å². The summed E-state index contributed by atoms with van der Waals surface area (Å²) in [5, 5.41) is 14.3. The fourth-order valence-electron chi connectivity index (χ4n) is 4.12. The highest BCUT2D eigenvalue weighted by molar-refractivity contribution is 6.35. The number of nitrogens with zero attached hydrogens (tertiary/aromatic N) is 4. The lowest BCUT2D eigenvalue weighted by Crippen LogP contribution is -2.35. The van der Waals surface area contributed by atoms with Crippen molar-refractivity contribution in [2.45, 2.75) is 45.9 Å². The van der Waals surface area contributed by atoms with E-state index in [4.69, 9.17) is 16.3 Å². The number of carbonyl (C=O) groups is 2. The second kappa shape index (κ2) is 10.8. The van der Waals surface area contributed by atoms with Crippen molar-refractivity contribution in [2.75, 3.05) is 18.9 Å². The molecule has 0 aliphatic heterocycles. The second-order valence-electron chi connectivity index (χ2n) is 9.77. The van der Waals surface area contributed by atoms with Gasteiger partial charge in [-0.05, 0) is 58.3 Å². The van der Waals surface area contributed by atoms with Crippen LogP contribution in [0, 0.1) is 0 Å². The quantitative estimate of drug-likeness (QED) is 0.326. The summed E-state index contributed by atoms with van der Waals surface area (Å²) in [5.74, 6) is -0.531. The monoisotopic (exact) mass is 539 g/mol. The standard InChI is InChI=1S/C26H30ClN7O4/c1-15(18-14-16-8-6-9-17(27)19(16)24(36)33(18)13-11-28-5)30-23(35)20-21(31-25(37)38-26(2,3)4)32-34-12-7-10-29-22(20)34/h6-10,12,14-15,28H,11,13H2,1-5H3,(H,30,35)(H,31,32,37). The Balaban J connectivity index is 1.72. The van der Waals surface area contributed by atoms with Gasteiger partial charge in [-0.15, -0.1) is 5.10 Å². The molecular formula is C26H30ClN7O4. The number of ether oxygens (including phenoxy) is 1. The van der Waals surface area contributed by atoms with E-state index in [1.165, 1.54) is 10.7 Å². The summed E-state index contributed by atoms with van der Waals surface area (Å²) >= 11 is 6.35. The molecule has 3 heterocycles. The zero-order chi connectivity index (χ0) is 27.6. The molecule has 0 bridgehead atoms. The molecule has 1 atom stereocenters. The first kappa shape index (κ1) is 27.1. The van der Waals surface area contributed by atoms with Gasteiger partial charge in [0.05, 0.1) is 16.5 Å². The zero-order valence-corrected chi connectivity index (χ0v) is 22.6. The predicted octanol–water partition coefficient (Wildman–Crippen LogP) is 3.76. The molecule has 200 valence electrons. The molecule has 12 heteroatoms. The Morgan fingerprint density at radius 1 is 1.21 bits per heavy atom. The lowest BCUT2D eigenvalue weighted by atomic mass is 10.1. The Morgan fingerprint density at radius 3 is 2.68 bits per heavy atom. The minimum atomic E-state index is -0.754. The number of hydrogen-bond acceptors (Lipinski definition) is 7. The van der Waals surface area contributed by atoms with Gasteiger partial charge in [-0.2, -0.15) is 0 Å². The molecule has 0 saturated heterocycles. The number of rotatable bonds is 7. The number of nitrogens with one attached hydrogen (secondary N) is 3. The average molecular weight is 540 g/mol. The van der Waals surface area contributed by atoms with E-state index >= 15 is 0 Å². The minimum Gasteiger partial charge on any atom is -0.444 e. The fraction of sp³-hybridized carbons (Fsp3) is 0.346. The number of likely N-dealkylation sites (N-methyl/N-ethyl adjacent to an activating group) is 1. The van der Waals surface area contributed by atoms with Crippen LogP contribution < -0.4 is 21.5 Å². The molecule has 1 unspecified atom stereocenters. The molecule has 0 aliphatic rings. The topological polar surface area (TPSA) is 132 Å². The Morgan fingerprint density at radius 2 is 1.97 bits per heavy atom. The van der Waals surface area contributed by atoms with Gasteiger partial charge in [0.15, 0.2) is 11.5 Å². The lowest BCUT2D eigenvalue weighted by Gasteiger charge is -2.21. The molecule has 3 aromatic heterocycles. The number of pyridine rings is 1. The molecule has 38 heavy (non-hydrogen) atoms. The number of hydrogen-bond donors (Lipinski definition) is 3. The van der Waals surface area contributed by atoms with Crippen molar-refractivity contribution >= 4 is 45.8 Å². The van der Waals surface area contributed by atoms with Crippen LogP contribution in [0.15, 0.2) is 47.5 Å². The summed E-state index contributed by atoms with van der Waals surface area (Å²) in [6.45, 7) is 7.88. The molecule has 11 nitrogen and oxygen atoms in total. The van der Waals surface area contributed by atoms with Crippen LogP contribution in [0.5, 0.6) is 0 Å². The van der Waals surface area contributed by atoms with E-state index in [1.807, 2.05) is 6.07 Å². The van der Waals surface area contributed by atoms with E-state index in [0.29, 0.717) is 34.6 Å². The molecule has 4 rings (SSSR count). The van der Waals surface area contributed by atoms with Gasteiger partial charge in [0.25, 0.3) is 11.5 Å². The minimum absolute atomic E-state index is 0.000478. The third-order valence-electron chi connectivity index (χ3n) is 5.74. The second-order valence-corrected chi connectivity index (χ2v) is 10.2. The molecule has 0 aliphatic carbocycles. The first-order valence-electron chi connectivity index (χ1n) is 12.1. The van der Waals surface area contributed by atoms with Gasteiger partial charge in [0, 0.05) is 31.2 Å². The molecular weight excluding hydrogens is 510 g/mol. The number of carbonyl (C=O) groups excluding carboxylic acids is 2. The summed E-state index contributed by atoms with van der Waals surface area (Å²) in [6, 6.07) is 8.16. The van der Waals surface area contributed by atoms with Crippen LogP contribution in [0.3, 0.4) is 0 Å². The Kier molecular flexibility index (Phi) is 7.70. The van der Waals surface area contributed by atoms with Crippen LogP contribution in [-0.4, -0.2) is 50.4 Å². The first-order valence-corrected chi connectivity index (χ1v) is 12.5. The molecule has 3 N–H and O–H groups in total. The van der Waals surface area contributed by atoms with Crippen molar-refractivity contribution in [3.05, 3.63) is 69.4 Å². The van der Waals surface area contributed by atoms with Crippen molar-refractivity contribution in [2.24, 2.45) is 0 Å². The van der Waals surface area contributed by atoms with E-state index in [9.17, 15) is 14.4 Å². The van der Waals surface area contributed by atoms with Crippen molar-refractivity contribution in [1.82, 2.24) is 29.8 Å². The van der Waals surface area contributed by atoms with E-state index in [1.54, 1.807) is 69.8 Å². The normalized spacial score (nSPS) is 12.5. The Bertz CT molecular complexity index is 1570. The highest BCUT2D eigenvalue weighted by Gasteiger charge is 2.27. The highest BCUT2D eigenvalue weighted by atomic mass is 35.5. The molecule has 2 amide bonds. The number of fused-ring (bicyclic) bond motifs is 2. The van der Waals surface area contributed by atoms with E-state index in [2.05, 4.69) is 26.0 Å². The van der Waals surface area contributed by atoms with Gasteiger partial charge in [-0.25, -0.2) is 14.3 Å². The summed E-state index contributed by atoms with van der Waals surface area (Å²) in [4.78, 5) is 43.8. The van der Waals surface area contributed by atoms with Crippen LogP contribution in [0.4, 0.5) is 10.6 Å². The summed E-state index contributed by atoms with van der Waals surface area (Å²) in [5.41, 5.74) is -0.0739. The summed E-state index contributed by atoms with van der Waals surface area (Å²) in [6.07, 6.45) is 2.39. The summed E-state index contributed by atoms with van der Waals surface area (Å²) in [7, 11) is 1.79. The van der Waals surface area contributed by atoms with E-state index in [-0.39, 0.29) is 22.6 Å². The zero-order valence-electron chi connectivity index (χ0n) is 21.8. The van der Waals surface area contributed by atoms with Crippen molar-refractivity contribution in [3.63, 3.8) is 0 Å². The van der Waals surface area contributed by atoms with E-state index in [0.717, 1.165) is 0 Å². The van der Waals surface area contributed by atoms with Gasteiger partial charge in [0.2, 0.25) is 0 Å². The molecule has 0 spiro atoms. The fourth-order valence-corrected chi connectivity index (χ4v) is 4.38. The van der Waals surface area contributed by atoms with Gasteiger partial charge < -0.3 is 19.9 Å². The van der Waals surface area contributed by atoms with Gasteiger partial charge in [-0.3, -0.25) is 14.9 Å². The molecule has 4 aromatic rings. The summed E-state index contributed by atoms with van der Waals surface area (Å²) < 4.78 is 8.33. The SMILES string of the molecule is CNCCn1c(C(C)NC(=O)c2c(NC(=O)OC(C)(C)C)nn3cccnc23)cc2cccc(Cl)c2c1=O. The predicted molar refractivity (Wildman–Crippen MR) is 146 cm³/mol. The number of halogens is 1. The molecule has 0 fully saturated rings. The van der Waals surface area contributed by atoms with Crippen LogP contribution >= 0.6 is 11.6 Å². The average Bonchev–Trinajstić information content (AvgIpc) is 3.19. The van der Waals surface area contributed by atoms with Crippen molar-refractivity contribution in [3.8, 4) is 0 Å². The maximum absolute atomic E-state index is 13.6. The molecule has 0 radical (unpaired) electrons. The smallest absolute Gasteiger partial charge is 0.413 e. The maximum Gasteiger partial charge on any atom is 0.413 e. The number of anilines is 1. The van der Waals surface area contributed by atoms with Gasteiger partial charge >= 0.3 is 6.09 Å². The van der Waals surface area contributed by atoms with Crippen LogP contribution in [0.1, 0.15) is 49.8 Å². The Hall–Kier alpha value is -3.96. The highest BCUT2D eigenvalue weighted by Crippen LogP contribution is 2.25. The molecule has 0 saturated carbocycles. The maximum atomic E-state index is 13.6. The third kappa shape index (κ3) is 5.63. The number of benzene rings is 1. The van der Waals surface area contributed by atoms with Crippen LogP contribution in [0.25, 0.3) is 16.4 Å². The van der Waals surface area contributed by atoms with E-state index < -0.39 is 23.6 Å². The number of amides is 2. The molecule has 1 aromatic carbocycles. The van der Waals surface area contributed by atoms with Gasteiger partial charge in [0.1, 0.15) is 11.2 Å².